The van der Waals surface area contributed by atoms with Gasteiger partial charge in [0, 0.05) is 5.57 Å². The fourth-order valence-electron chi connectivity index (χ4n) is 1.69. The second kappa shape index (κ2) is 7.90. The molecule has 0 spiro atoms. The first-order valence-electron chi connectivity index (χ1n) is 6.47. The van der Waals surface area contributed by atoms with Crippen molar-refractivity contribution in [1.29, 1.82) is 0 Å². The summed E-state index contributed by atoms with van der Waals surface area (Å²) >= 11 is 0. The van der Waals surface area contributed by atoms with Crippen molar-refractivity contribution in [1.82, 2.24) is 14.8 Å². The summed E-state index contributed by atoms with van der Waals surface area (Å²) in [5, 5.41) is 4.28. The largest absolute Gasteiger partial charge is 0.348 e. The number of nitrogens with one attached hydrogen (secondary N) is 1. The topological polar surface area (TPSA) is 50.7 Å². The van der Waals surface area contributed by atoms with Crippen molar-refractivity contribution in [2.45, 2.75) is 13.8 Å². The van der Waals surface area contributed by atoms with Crippen LogP contribution in [0, 0.1) is 0 Å². The molecule has 1 aromatic rings. The Labute approximate surface area is 126 Å². The molecule has 1 heterocycles. The Bertz CT molecular complexity index is 699. The quantitative estimate of drug-likeness (QED) is 0.643. The average Bonchev–Trinajstić information content (AvgIpc) is 2.79. The number of rotatable bonds is 6. The van der Waals surface area contributed by atoms with E-state index in [4.69, 9.17) is 7.85 Å². The second-order valence-corrected chi connectivity index (χ2v) is 4.19. The van der Waals surface area contributed by atoms with E-state index in [-0.39, 0.29) is 5.69 Å². The van der Waals surface area contributed by atoms with Gasteiger partial charge in [-0.15, -0.1) is 17.2 Å². The zero-order valence-electron chi connectivity index (χ0n) is 12.3. The van der Waals surface area contributed by atoms with E-state index in [1.807, 2.05) is 26.0 Å². The predicted octanol–water partition coefficient (Wildman–Crippen LogP) is 2.82. The third kappa shape index (κ3) is 4.49. The van der Waals surface area contributed by atoms with Gasteiger partial charge in [-0.3, -0.25) is 4.98 Å². The number of aromatic nitrogens is 3. The summed E-state index contributed by atoms with van der Waals surface area (Å²) < 4.78 is 1.24. The summed E-state index contributed by atoms with van der Waals surface area (Å²) in [4.78, 5) is 14.8. The average molecular weight is 279 g/mol. The Hall–Kier alpha value is -2.56. The molecule has 1 N–H and O–H groups in total. The first-order chi connectivity index (χ1) is 10.0. The molecule has 5 heteroatoms. The summed E-state index contributed by atoms with van der Waals surface area (Å²) in [7, 11) is 5.58. The van der Waals surface area contributed by atoms with E-state index in [1.165, 1.54) is 4.68 Å². The minimum absolute atomic E-state index is 0.342. The third-order valence-electron chi connectivity index (χ3n) is 2.45. The van der Waals surface area contributed by atoms with Gasteiger partial charge in [-0.1, -0.05) is 37.0 Å². The van der Waals surface area contributed by atoms with E-state index in [1.54, 1.807) is 30.4 Å². The molecule has 0 saturated heterocycles. The van der Waals surface area contributed by atoms with E-state index in [0.717, 1.165) is 5.57 Å². The maximum atomic E-state index is 12.1. The van der Waals surface area contributed by atoms with E-state index < -0.39 is 0 Å². The lowest BCUT2D eigenvalue weighted by Crippen LogP contribution is -2.16. The first-order valence-corrected chi connectivity index (χ1v) is 6.47. The van der Waals surface area contributed by atoms with Crippen LogP contribution in [-0.2, 0) is 0 Å². The fraction of sp³-hybridized carbons (Fsp3) is 0.125. The molecule has 2 radical (unpaired) electrons. The molecule has 0 fully saturated rings. The van der Waals surface area contributed by atoms with Gasteiger partial charge in [-0.25, -0.2) is 4.79 Å². The molecule has 4 nitrogen and oxygen atoms in total. The van der Waals surface area contributed by atoms with Gasteiger partial charge in [0.15, 0.2) is 5.82 Å². The van der Waals surface area contributed by atoms with E-state index in [0.29, 0.717) is 17.0 Å². The van der Waals surface area contributed by atoms with Crippen LogP contribution in [0.1, 0.15) is 19.7 Å². The second-order valence-electron chi connectivity index (χ2n) is 4.19. The van der Waals surface area contributed by atoms with Gasteiger partial charge in [-0.2, -0.15) is 4.68 Å². The lowest BCUT2D eigenvalue weighted by molar-refractivity contribution is 0.867. The van der Waals surface area contributed by atoms with Crippen LogP contribution in [-0.4, -0.2) is 22.6 Å². The number of aromatic amines is 1. The number of hydrogen-bond acceptors (Lipinski definition) is 2. The van der Waals surface area contributed by atoms with Crippen molar-refractivity contribution in [2.75, 3.05) is 0 Å². The third-order valence-corrected chi connectivity index (χ3v) is 2.45. The van der Waals surface area contributed by atoms with Crippen molar-refractivity contribution in [3.8, 4) is 0 Å². The molecule has 21 heavy (non-hydrogen) atoms. The lowest BCUT2D eigenvalue weighted by atomic mass is 9.97. The maximum Gasteiger partial charge on any atom is 0.348 e. The van der Waals surface area contributed by atoms with Gasteiger partial charge in [0.05, 0.1) is 5.70 Å². The van der Waals surface area contributed by atoms with Gasteiger partial charge in [0.25, 0.3) is 0 Å². The summed E-state index contributed by atoms with van der Waals surface area (Å²) in [5.74, 6) is 0.455. The monoisotopic (exact) mass is 279 g/mol. The van der Waals surface area contributed by atoms with Crippen LogP contribution >= 0.6 is 0 Å². The zero-order chi connectivity index (χ0) is 15.8. The predicted molar refractivity (Wildman–Crippen MR) is 89.8 cm³/mol. The number of nitrogens with zero attached hydrogens (tertiary/aromatic N) is 2. The van der Waals surface area contributed by atoms with Crippen LogP contribution in [0.4, 0.5) is 0 Å². The van der Waals surface area contributed by atoms with Gasteiger partial charge >= 0.3 is 5.69 Å². The SMILES string of the molecule is [B]C(=C)/C=C(\C=C/C)n1nc(C(/C=C\C)=C/C=C)[nH]c1=O. The zero-order valence-corrected chi connectivity index (χ0v) is 12.3. The van der Waals surface area contributed by atoms with Crippen molar-refractivity contribution in [3.63, 3.8) is 0 Å². The van der Waals surface area contributed by atoms with Crippen LogP contribution in [0.5, 0.6) is 0 Å². The molecule has 0 saturated carbocycles. The molecule has 1 aromatic heterocycles. The Kier molecular flexibility index (Phi) is 6.20. The molecule has 0 unspecified atom stereocenters. The highest BCUT2D eigenvalue weighted by Crippen LogP contribution is 2.12. The Morgan fingerprint density at radius 3 is 2.52 bits per heavy atom. The molecule has 0 atom stereocenters. The minimum Gasteiger partial charge on any atom is -0.288 e. The highest BCUT2D eigenvalue weighted by Gasteiger charge is 2.09. The number of hydrogen-bond donors (Lipinski definition) is 1. The highest BCUT2D eigenvalue weighted by molar-refractivity contribution is 6.23. The first kappa shape index (κ1) is 16.5. The Morgan fingerprint density at radius 1 is 1.33 bits per heavy atom. The number of H-pyrrole nitrogens is 1. The molecule has 0 aliphatic rings. The Morgan fingerprint density at radius 2 is 2.00 bits per heavy atom. The van der Waals surface area contributed by atoms with Crippen molar-refractivity contribution in [3.05, 3.63) is 77.5 Å². The summed E-state index contributed by atoms with van der Waals surface area (Å²) in [6.45, 7) is 11.0. The molecule has 0 aliphatic heterocycles. The van der Waals surface area contributed by atoms with E-state index >= 15 is 0 Å². The standard InChI is InChI=1S/C16H18BN3O/c1-5-8-13(9-6-2)15-18-16(21)20(19-15)14(10-7-3)11-12(4)17/h5-11H,1,4H2,2-3H3,(H,18,19,21)/b9-6-,10-7-,13-8+,14-11+. The normalized spacial score (nSPS) is 13.2. The molecular formula is C16H18BN3O. The van der Waals surface area contributed by atoms with Gasteiger partial charge < -0.3 is 0 Å². The number of allylic oxidation sites excluding steroid dienone is 10. The fourth-order valence-corrected chi connectivity index (χ4v) is 1.69. The van der Waals surface area contributed by atoms with Crippen molar-refractivity contribution in [2.24, 2.45) is 0 Å². The van der Waals surface area contributed by atoms with Crippen molar-refractivity contribution >= 4 is 19.1 Å². The molecule has 1 rings (SSSR count). The highest BCUT2D eigenvalue weighted by atomic mass is 16.1. The molecular weight excluding hydrogens is 261 g/mol. The van der Waals surface area contributed by atoms with Crippen LogP contribution in [0.3, 0.4) is 0 Å². The Balaban J connectivity index is 3.42. The molecule has 0 amide bonds. The maximum absolute atomic E-state index is 12.1. The van der Waals surface area contributed by atoms with Crippen LogP contribution in [0.15, 0.2) is 66.0 Å². The summed E-state index contributed by atoms with van der Waals surface area (Å²) in [6.07, 6.45) is 12.2. The van der Waals surface area contributed by atoms with Gasteiger partial charge in [-0.05, 0) is 26.0 Å². The molecule has 106 valence electrons. The van der Waals surface area contributed by atoms with Gasteiger partial charge in [0.2, 0.25) is 0 Å². The lowest BCUT2D eigenvalue weighted by Gasteiger charge is -2.01. The van der Waals surface area contributed by atoms with E-state index in [9.17, 15) is 4.79 Å². The van der Waals surface area contributed by atoms with Crippen LogP contribution in [0.2, 0.25) is 0 Å². The van der Waals surface area contributed by atoms with Crippen LogP contribution < -0.4 is 5.69 Å². The summed E-state index contributed by atoms with van der Waals surface area (Å²) in [6, 6.07) is 0. The van der Waals surface area contributed by atoms with Crippen LogP contribution in [0.25, 0.3) is 11.3 Å². The van der Waals surface area contributed by atoms with E-state index in [2.05, 4.69) is 23.2 Å². The molecule has 0 aromatic carbocycles. The van der Waals surface area contributed by atoms with Crippen molar-refractivity contribution < 1.29 is 0 Å². The molecule has 0 aliphatic carbocycles. The minimum atomic E-state index is -0.352. The summed E-state index contributed by atoms with van der Waals surface area (Å²) in [5.41, 5.74) is 1.29. The van der Waals surface area contributed by atoms with Gasteiger partial charge in [0.1, 0.15) is 7.85 Å². The molecule has 0 bridgehead atoms. The smallest absolute Gasteiger partial charge is 0.288 e.